The molecule has 1 aliphatic heterocycles. The highest BCUT2D eigenvalue weighted by Crippen LogP contribution is 2.41. The first-order chi connectivity index (χ1) is 21.8. The Morgan fingerprint density at radius 3 is 2.65 bits per heavy atom. The number of ether oxygens (including phenoxy) is 4. The molecule has 0 spiro atoms. The molecule has 4 rings (SSSR count). The van der Waals surface area contributed by atoms with Crippen LogP contribution in [0.15, 0.2) is 28.5 Å². The first-order valence-electron chi connectivity index (χ1n) is 15.1. The minimum Gasteiger partial charge on any atom is -0.493 e. The fourth-order valence-corrected chi connectivity index (χ4v) is 6.57. The molecule has 15 heteroatoms. The van der Waals surface area contributed by atoms with Gasteiger partial charge in [0, 0.05) is 70.8 Å². The first-order valence-corrected chi connectivity index (χ1v) is 20.2. The Bertz CT molecular complexity index is 1550. The summed E-state index contributed by atoms with van der Waals surface area (Å²) in [6.45, 7) is 10.3. The maximum absolute atomic E-state index is 13.7. The predicted octanol–water partition coefficient (Wildman–Crippen LogP) is 6.50. The zero-order valence-electron chi connectivity index (χ0n) is 27.2. The van der Waals surface area contributed by atoms with Crippen LogP contribution >= 0.6 is 23.4 Å². The Balaban J connectivity index is 1.75. The van der Waals surface area contributed by atoms with Gasteiger partial charge in [-0.1, -0.05) is 43.0 Å². The molecule has 46 heavy (non-hydrogen) atoms. The van der Waals surface area contributed by atoms with Gasteiger partial charge in [0.25, 0.3) is 5.92 Å². The molecule has 1 saturated heterocycles. The van der Waals surface area contributed by atoms with Crippen molar-refractivity contribution in [2.24, 2.45) is 4.99 Å². The molecule has 10 nitrogen and oxygen atoms in total. The number of methoxy groups -OCH3 is 1. The van der Waals surface area contributed by atoms with Crippen molar-refractivity contribution in [2.75, 3.05) is 59.4 Å². The number of benzene rings is 1. The maximum Gasteiger partial charge on any atom is 0.316 e. The molecule has 1 aromatic carbocycles. The number of fused-ring (bicyclic) bond motifs is 1. The average Bonchev–Trinajstić information content (AvgIpc) is 3.52. The van der Waals surface area contributed by atoms with Crippen molar-refractivity contribution in [3.63, 3.8) is 0 Å². The number of esters is 1. The number of aliphatic imine (C=N–C) groups is 1. The molecule has 3 aromatic rings. The first kappa shape index (κ1) is 36.1. The molecular formula is C31H42ClF2N5O5SSi. The molecule has 0 N–H and O–H groups in total. The molecule has 0 aliphatic carbocycles. The van der Waals surface area contributed by atoms with Crippen molar-refractivity contribution in [3.8, 4) is 22.8 Å². The summed E-state index contributed by atoms with van der Waals surface area (Å²) in [5, 5.41) is 1.39. The van der Waals surface area contributed by atoms with E-state index in [1.165, 1.54) is 7.11 Å². The number of hydrogen-bond acceptors (Lipinski definition) is 10. The molecule has 0 saturated carbocycles. The van der Waals surface area contributed by atoms with Crippen LogP contribution in [-0.2, 0) is 21.0 Å². The summed E-state index contributed by atoms with van der Waals surface area (Å²) in [6, 6.07) is 4.39. The Hall–Kier alpha value is -2.78. The third kappa shape index (κ3) is 9.63. The Kier molecular flexibility index (Phi) is 12.4. The highest BCUT2D eigenvalue weighted by Gasteiger charge is 2.37. The average molecular weight is 698 g/mol. The lowest BCUT2D eigenvalue weighted by molar-refractivity contribution is -0.139. The minimum absolute atomic E-state index is 0.0235. The van der Waals surface area contributed by atoms with Crippen molar-refractivity contribution in [2.45, 2.75) is 56.8 Å². The van der Waals surface area contributed by atoms with Crippen molar-refractivity contribution < 1.29 is 32.5 Å². The van der Waals surface area contributed by atoms with Crippen molar-refractivity contribution in [3.05, 3.63) is 28.9 Å². The van der Waals surface area contributed by atoms with Crippen LogP contribution in [0.3, 0.4) is 0 Å². The molecule has 0 bridgehead atoms. The van der Waals surface area contributed by atoms with Crippen LogP contribution in [0.5, 0.6) is 11.5 Å². The zero-order chi connectivity index (χ0) is 33.5. The van der Waals surface area contributed by atoms with Crippen LogP contribution in [0.25, 0.3) is 22.3 Å². The Morgan fingerprint density at radius 1 is 1.22 bits per heavy atom. The summed E-state index contributed by atoms with van der Waals surface area (Å²) >= 11 is 8.01. The van der Waals surface area contributed by atoms with Gasteiger partial charge in [0.05, 0.1) is 42.1 Å². The van der Waals surface area contributed by atoms with E-state index >= 15 is 0 Å². The molecule has 0 unspecified atom stereocenters. The van der Waals surface area contributed by atoms with E-state index in [0.29, 0.717) is 63.7 Å². The number of thioether (sulfide) groups is 1. The summed E-state index contributed by atoms with van der Waals surface area (Å²) in [6.07, 6.45) is 3.47. The fraction of sp³-hybridized carbons (Fsp3) is 0.548. The van der Waals surface area contributed by atoms with Gasteiger partial charge in [-0.15, -0.1) is 0 Å². The number of rotatable bonds is 16. The lowest BCUT2D eigenvalue weighted by atomic mass is 10.1. The number of carbonyl (C=O) groups is 1. The highest BCUT2D eigenvalue weighted by atomic mass is 35.5. The summed E-state index contributed by atoms with van der Waals surface area (Å²) < 4.78 is 52.1. The highest BCUT2D eigenvalue weighted by molar-refractivity contribution is 7.99. The summed E-state index contributed by atoms with van der Waals surface area (Å²) in [4.78, 5) is 27.8. The molecule has 0 radical (unpaired) electrons. The van der Waals surface area contributed by atoms with Crippen LogP contribution < -0.4 is 9.47 Å². The topological polar surface area (TPSA) is 100 Å². The predicted molar refractivity (Wildman–Crippen MR) is 181 cm³/mol. The van der Waals surface area contributed by atoms with E-state index < -0.39 is 14.0 Å². The third-order valence-electron chi connectivity index (χ3n) is 7.27. The quantitative estimate of drug-likeness (QED) is 0.0415. The van der Waals surface area contributed by atoms with E-state index in [-0.39, 0.29) is 44.6 Å². The molecule has 3 heterocycles. The van der Waals surface area contributed by atoms with Crippen LogP contribution in [0.2, 0.25) is 30.7 Å². The second-order valence-corrected chi connectivity index (χ2v) is 19.1. The van der Waals surface area contributed by atoms with Gasteiger partial charge in [-0.05, 0) is 19.0 Å². The molecule has 1 aliphatic rings. The summed E-state index contributed by atoms with van der Waals surface area (Å²) in [5.74, 6) is -2.25. The molecule has 252 valence electrons. The van der Waals surface area contributed by atoms with Crippen molar-refractivity contribution >= 4 is 54.7 Å². The van der Waals surface area contributed by atoms with E-state index in [1.54, 1.807) is 37.2 Å². The van der Waals surface area contributed by atoms with Gasteiger partial charge in [0.1, 0.15) is 19.0 Å². The van der Waals surface area contributed by atoms with E-state index in [0.717, 1.165) is 23.4 Å². The number of halogens is 3. The van der Waals surface area contributed by atoms with Gasteiger partial charge in [-0.25, -0.2) is 18.7 Å². The van der Waals surface area contributed by atoms with Gasteiger partial charge in [-0.2, -0.15) is 0 Å². The standard InChI is InChI=1S/C31H42ClF2N5O5SSi/c1-7-43-26(40)18-45-30-36-28(27-21(16-35-2)17-39(29(27)37-30)20-42-12-13-46(4,5)6)22-14-25(24(41-3)15-23(22)32)44-11-10-38-9-8-31(33,34)19-38/h14-17H,7-13,18-20H2,1-6H3. The monoisotopic (exact) mass is 697 g/mol. The lowest BCUT2D eigenvalue weighted by Gasteiger charge is -2.18. The van der Waals surface area contributed by atoms with Crippen molar-refractivity contribution in [1.29, 1.82) is 0 Å². The number of hydrogen-bond donors (Lipinski definition) is 0. The fourth-order valence-electron chi connectivity index (χ4n) is 4.93. The number of likely N-dealkylation sites (tertiary alicyclic amines) is 1. The molecule has 0 atom stereocenters. The van der Waals surface area contributed by atoms with Crippen LogP contribution in [0.1, 0.15) is 18.9 Å². The van der Waals surface area contributed by atoms with Crippen LogP contribution in [-0.4, -0.2) is 105 Å². The number of aromatic nitrogens is 3. The molecule has 0 amide bonds. The van der Waals surface area contributed by atoms with E-state index in [1.807, 2.05) is 10.8 Å². The minimum atomic E-state index is -2.68. The van der Waals surface area contributed by atoms with Gasteiger partial charge in [0.2, 0.25) is 0 Å². The second-order valence-electron chi connectivity index (χ2n) is 12.2. The van der Waals surface area contributed by atoms with Gasteiger partial charge in [-0.3, -0.25) is 14.7 Å². The second kappa shape index (κ2) is 15.9. The number of nitrogens with zero attached hydrogens (tertiary/aromatic N) is 5. The van der Waals surface area contributed by atoms with Crippen LogP contribution in [0.4, 0.5) is 8.78 Å². The van der Waals surface area contributed by atoms with E-state index in [4.69, 9.17) is 40.5 Å². The molecule has 2 aromatic heterocycles. The Morgan fingerprint density at radius 2 is 2.00 bits per heavy atom. The van der Waals surface area contributed by atoms with Gasteiger partial charge in [0.15, 0.2) is 16.7 Å². The maximum atomic E-state index is 13.7. The van der Waals surface area contributed by atoms with Crippen molar-refractivity contribution in [1.82, 2.24) is 19.4 Å². The normalized spacial score (nSPS) is 15.2. The third-order valence-corrected chi connectivity index (χ3v) is 10.1. The lowest BCUT2D eigenvalue weighted by Crippen LogP contribution is -2.29. The van der Waals surface area contributed by atoms with Gasteiger partial charge < -0.3 is 23.5 Å². The Labute approximate surface area is 278 Å². The largest absolute Gasteiger partial charge is 0.493 e. The summed E-state index contributed by atoms with van der Waals surface area (Å²) in [5.41, 5.74) is 2.39. The zero-order valence-corrected chi connectivity index (χ0v) is 29.8. The van der Waals surface area contributed by atoms with Crippen LogP contribution in [0, 0.1) is 0 Å². The SMILES string of the molecule is CCOC(=O)CSc1nc(-c2cc(OCCN3CCC(F)(F)C3)c(OC)cc2Cl)c2c(C=NC)cn(COCC[Si](C)(C)C)c2n1. The summed E-state index contributed by atoms with van der Waals surface area (Å²) in [7, 11) is 1.89. The van der Waals surface area contributed by atoms with E-state index in [9.17, 15) is 13.6 Å². The van der Waals surface area contributed by atoms with E-state index in [2.05, 4.69) is 24.6 Å². The number of alkyl halides is 2. The molecular weight excluding hydrogens is 656 g/mol. The number of carbonyl (C=O) groups excluding carboxylic acids is 1. The molecule has 1 fully saturated rings. The van der Waals surface area contributed by atoms with Gasteiger partial charge >= 0.3 is 5.97 Å². The smallest absolute Gasteiger partial charge is 0.316 e.